The van der Waals surface area contributed by atoms with E-state index in [1.165, 1.54) is 11.3 Å². The predicted octanol–water partition coefficient (Wildman–Crippen LogP) is 7.44. The first-order chi connectivity index (χ1) is 18.0. The zero-order valence-corrected chi connectivity index (χ0v) is 22.7. The summed E-state index contributed by atoms with van der Waals surface area (Å²) in [4.78, 5) is 19.6. The molecular weight excluding hydrogens is 543 g/mol. The topological polar surface area (TPSA) is 34.4 Å². The summed E-state index contributed by atoms with van der Waals surface area (Å²) in [5, 5.41) is 1.99. The molecule has 0 spiro atoms. The normalized spacial score (nSPS) is 18.5. The molecule has 0 N–H and O–H groups in total. The Bertz CT molecular complexity index is 1760. The van der Waals surface area contributed by atoms with Crippen LogP contribution in [0.15, 0.2) is 99.4 Å². The molecule has 1 aliphatic heterocycles. The molecule has 0 saturated heterocycles. The predicted molar refractivity (Wildman–Crippen MR) is 154 cm³/mol. The number of rotatable bonds is 3. The van der Waals surface area contributed by atoms with Crippen molar-refractivity contribution >= 4 is 58.3 Å². The van der Waals surface area contributed by atoms with Crippen LogP contribution in [0, 0.1) is 0 Å². The van der Waals surface area contributed by atoms with Crippen molar-refractivity contribution in [3.63, 3.8) is 0 Å². The minimum absolute atomic E-state index is 0.0719. The van der Waals surface area contributed by atoms with Crippen LogP contribution in [0.1, 0.15) is 42.0 Å². The fraction of sp³-hybridized carbons (Fsp3) is 0.133. The van der Waals surface area contributed by atoms with E-state index in [0.29, 0.717) is 24.4 Å². The second-order valence-electron chi connectivity index (χ2n) is 9.07. The van der Waals surface area contributed by atoms with E-state index in [9.17, 15) is 4.79 Å². The Balaban J connectivity index is 1.60. The summed E-state index contributed by atoms with van der Waals surface area (Å²) in [5.74, 6) is 0. The number of nitrogens with zero attached hydrogens (tertiary/aromatic N) is 2. The summed E-state index contributed by atoms with van der Waals surface area (Å²) in [6.07, 6.45) is 6.72. The fourth-order valence-corrected chi connectivity index (χ4v) is 6.58. The fourth-order valence-electron chi connectivity index (χ4n) is 5.02. The van der Waals surface area contributed by atoms with Crippen molar-refractivity contribution in [2.75, 3.05) is 0 Å². The highest BCUT2D eigenvalue weighted by Crippen LogP contribution is 2.42. The molecule has 3 nitrogen and oxygen atoms in total. The van der Waals surface area contributed by atoms with Gasteiger partial charge in [-0.05, 0) is 83.5 Å². The van der Waals surface area contributed by atoms with E-state index in [0.717, 1.165) is 52.8 Å². The molecule has 7 heteroatoms. The third-order valence-corrected chi connectivity index (χ3v) is 8.66. The number of halogens is 3. The van der Waals surface area contributed by atoms with Gasteiger partial charge in [0.05, 0.1) is 16.3 Å². The van der Waals surface area contributed by atoms with Crippen molar-refractivity contribution < 1.29 is 0 Å². The third kappa shape index (κ3) is 4.64. The molecule has 1 aromatic heterocycles. The summed E-state index contributed by atoms with van der Waals surface area (Å²) in [6, 6.07) is 22.7. The van der Waals surface area contributed by atoms with Gasteiger partial charge in [0.15, 0.2) is 4.80 Å². The van der Waals surface area contributed by atoms with Crippen molar-refractivity contribution in [1.29, 1.82) is 0 Å². The maximum atomic E-state index is 13.8. The van der Waals surface area contributed by atoms with Crippen LogP contribution in [-0.2, 0) is 0 Å². The summed E-state index contributed by atoms with van der Waals surface area (Å²) in [5.41, 5.74) is 5.89. The lowest BCUT2D eigenvalue weighted by atomic mass is 9.84. The van der Waals surface area contributed by atoms with Gasteiger partial charge in [-0.3, -0.25) is 9.36 Å². The molecule has 0 saturated carbocycles. The van der Waals surface area contributed by atoms with Crippen LogP contribution in [-0.4, -0.2) is 4.57 Å². The Kier molecular flexibility index (Phi) is 6.68. The van der Waals surface area contributed by atoms with E-state index in [-0.39, 0.29) is 11.6 Å². The molecule has 3 aromatic carbocycles. The quantitative estimate of drug-likeness (QED) is 0.255. The molecule has 6 rings (SSSR count). The molecule has 2 aliphatic rings. The van der Waals surface area contributed by atoms with Gasteiger partial charge < -0.3 is 0 Å². The van der Waals surface area contributed by atoms with E-state index in [1.807, 2.05) is 83.4 Å². The molecule has 0 fully saturated rings. The van der Waals surface area contributed by atoms with Crippen LogP contribution in [0.4, 0.5) is 0 Å². The lowest BCUT2D eigenvalue weighted by Crippen LogP contribution is -2.39. The maximum absolute atomic E-state index is 13.8. The maximum Gasteiger partial charge on any atom is 0.271 e. The summed E-state index contributed by atoms with van der Waals surface area (Å²) in [6.45, 7) is 0. The Morgan fingerprint density at radius 2 is 1.59 bits per heavy atom. The van der Waals surface area contributed by atoms with Crippen LogP contribution in [0.2, 0.25) is 15.1 Å². The zero-order chi connectivity index (χ0) is 25.5. The number of hydrogen-bond acceptors (Lipinski definition) is 3. The Morgan fingerprint density at radius 1 is 0.865 bits per heavy atom. The first kappa shape index (κ1) is 24.4. The monoisotopic (exact) mass is 562 g/mol. The van der Waals surface area contributed by atoms with Crippen LogP contribution in [0.3, 0.4) is 0 Å². The summed E-state index contributed by atoms with van der Waals surface area (Å²) >= 11 is 20.7. The minimum Gasteiger partial charge on any atom is -0.272 e. The van der Waals surface area contributed by atoms with Gasteiger partial charge in [0.1, 0.15) is 0 Å². The molecule has 1 atom stereocenters. The highest BCUT2D eigenvalue weighted by Gasteiger charge is 2.33. The van der Waals surface area contributed by atoms with Gasteiger partial charge in [-0.1, -0.05) is 94.7 Å². The molecule has 37 heavy (non-hydrogen) atoms. The SMILES string of the molecule is O=c1/c(=C\c2ccc(Cl)cc2)sc2n1[C@@H](c1ccccc1Cl)C1=C(N=2)/C(=C/c2ccccc2Cl)CCC1. The van der Waals surface area contributed by atoms with E-state index < -0.39 is 0 Å². The molecule has 1 aliphatic carbocycles. The van der Waals surface area contributed by atoms with Crippen molar-refractivity contribution in [1.82, 2.24) is 4.57 Å². The molecule has 2 heterocycles. The minimum atomic E-state index is -0.317. The van der Waals surface area contributed by atoms with Crippen LogP contribution in [0.5, 0.6) is 0 Å². The van der Waals surface area contributed by atoms with E-state index in [2.05, 4.69) is 6.08 Å². The van der Waals surface area contributed by atoms with Crippen LogP contribution in [0.25, 0.3) is 12.2 Å². The lowest BCUT2D eigenvalue weighted by molar-refractivity contribution is 0.553. The second kappa shape index (κ2) is 10.1. The van der Waals surface area contributed by atoms with E-state index in [4.69, 9.17) is 39.8 Å². The van der Waals surface area contributed by atoms with Gasteiger partial charge in [0.2, 0.25) is 0 Å². The number of aromatic nitrogens is 1. The van der Waals surface area contributed by atoms with Gasteiger partial charge in [-0.15, -0.1) is 0 Å². The summed E-state index contributed by atoms with van der Waals surface area (Å²) < 4.78 is 2.43. The second-order valence-corrected chi connectivity index (χ2v) is 11.3. The first-order valence-corrected chi connectivity index (χ1v) is 13.9. The number of hydrogen-bond donors (Lipinski definition) is 0. The van der Waals surface area contributed by atoms with Gasteiger partial charge in [-0.2, -0.15) is 0 Å². The summed E-state index contributed by atoms with van der Waals surface area (Å²) in [7, 11) is 0. The third-order valence-electron chi connectivity index (χ3n) is 6.74. The van der Waals surface area contributed by atoms with Gasteiger partial charge in [0, 0.05) is 15.1 Å². The van der Waals surface area contributed by atoms with Crippen molar-refractivity contribution in [3.05, 3.63) is 141 Å². The first-order valence-electron chi connectivity index (χ1n) is 12.0. The molecule has 0 amide bonds. The molecule has 0 unspecified atom stereocenters. The number of allylic oxidation sites excluding steroid dienone is 2. The lowest BCUT2D eigenvalue weighted by Gasteiger charge is -2.31. The standard InChI is InChI=1S/C30H21Cl3N2OS/c31-21-14-12-18(13-15-21)16-26-29(36)35-28(22-8-2-4-11-25(22)33)23-9-5-7-20(27(23)34-30(35)37-26)17-19-6-1-3-10-24(19)32/h1-4,6,8,10-17,28H,5,7,9H2/b20-17+,26-16+/t28-/m0/s1. The van der Waals surface area contributed by atoms with E-state index >= 15 is 0 Å². The largest absolute Gasteiger partial charge is 0.272 e. The molecular formula is C30H21Cl3N2OS. The highest BCUT2D eigenvalue weighted by molar-refractivity contribution is 7.07. The Morgan fingerprint density at radius 3 is 2.35 bits per heavy atom. The number of thiazole rings is 1. The smallest absolute Gasteiger partial charge is 0.271 e. The van der Waals surface area contributed by atoms with Gasteiger partial charge in [-0.25, -0.2) is 4.99 Å². The molecule has 0 radical (unpaired) electrons. The van der Waals surface area contributed by atoms with Crippen LogP contribution >= 0.6 is 46.1 Å². The number of benzene rings is 3. The van der Waals surface area contributed by atoms with Crippen LogP contribution < -0.4 is 14.9 Å². The van der Waals surface area contributed by atoms with Crippen molar-refractivity contribution in [2.45, 2.75) is 25.3 Å². The molecule has 184 valence electrons. The van der Waals surface area contributed by atoms with Crippen molar-refractivity contribution in [3.8, 4) is 0 Å². The zero-order valence-electron chi connectivity index (χ0n) is 19.6. The van der Waals surface area contributed by atoms with Gasteiger partial charge in [0.25, 0.3) is 5.56 Å². The highest BCUT2D eigenvalue weighted by atomic mass is 35.5. The Labute approximate surface area is 233 Å². The van der Waals surface area contributed by atoms with Gasteiger partial charge >= 0.3 is 0 Å². The van der Waals surface area contributed by atoms with Crippen molar-refractivity contribution in [2.24, 2.45) is 4.99 Å². The average Bonchev–Trinajstić information content (AvgIpc) is 3.21. The molecule has 4 aromatic rings. The average molecular weight is 564 g/mol. The number of fused-ring (bicyclic) bond motifs is 1. The molecule has 0 bridgehead atoms. The van der Waals surface area contributed by atoms with E-state index in [1.54, 1.807) is 0 Å². The Hall–Kier alpha value is -2.89.